The van der Waals surface area contributed by atoms with Gasteiger partial charge in [-0.2, -0.15) is 0 Å². The van der Waals surface area contributed by atoms with E-state index in [1.807, 2.05) is 0 Å². The van der Waals surface area contributed by atoms with Crippen molar-refractivity contribution >= 4 is 29.7 Å². The molecule has 0 saturated carbocycles. The van der Waals surface area contributed by atoms with Crippen LogP contribution in [0, 0.1) is 0 Å². The molecule has 2 saturated heterocycles. The van der Waals surface area contributed by atoms with Gasteiger partial charge >= 0.3 is 17.9 Å². The zero-order valence-electron chi connectivity index (χ0n) is 18.6. The molecular weight excluding hydrogens is 452 g/mol. The molecule has 0 spiro atoms. The van der Waals surface area contributed by atoms with E-state index >= 15 is 0 Å². The smallest absolute Gasteiger partial charge is 0.338 e. The summed E-state index contributed by atoms with van der Waals surface area (Å²) < 4.78 is 15.7. The number of rotatable bonds is 9. The molecule has 1 aromatic carbocycles. The summed E-state index contributed by atoms with van der Waals surface area (Å²) in [5.41, 5.74) is 0.0454. The van der Waals surface area contributed by atoms with E-state index in [0.717, 1.165) is 0 Å². The van der Waals surface area contributed by atoms with Crippen molar-refractivity contribution < 1.29 is 48.4 Å². The number of esters is 1. The first-order chi connectivity index (χ1) is 16.2. The van der Waals surface area contributed by atoms with Gasteiger partial charge in [-0.3, -0.25) is 9.59 Å². The molecule has 0 bridgehead atoms. The van der Waals surface area contributed by atoms with E-state index in [9.17, 15) is 34.2 Å². The van der Waals surface area contributed by atoms with E-state index in [1.54, 1.807) is 0 Å². The summed E-state index contributed by atoms with van der Waals surface area (Å²) >= 11 is 0. The normalized spacial score (nSPS) is 19.6. The summed E-state index contributed by atoms with van der Waals surface area (Å²) in [6.07, 6.45) is 1.88. The molecule has 2 atom stereocenters. The maximum Gasteiger partial charge on any atom is 0.338 e. The molecule has 3 rings (SSSR count). The second kappa shape index (κ2) is 10.9. The van der Waals surface area contributed by atoms with E-state index in [2.05, 4.69) is 0 Å². The lowest BCUT2D eigenvalue weighted by Crippen LogP contribution is -2.42. The van der Waals surface area contributed by atoms with Gasteiger partial charge in [0.25, 0.3) is 11.8 Å². The van der Waals surface area contributed by atoms with Gasteiger partial charge in [-0.1, -0.05) is 0 Å². The highest BCUT2D eigenvalue weighted by atomic mass is 16.5. The Bertz CT molecular complexity index is 912. The number of ether oxygens (including phenoxy) is 3. The van der Waals surface area contributed by atoms with Crippen molar-refractivity contribution in [1.29, 1.82) is 0 Å². The summed E-state index contributed by atoms with van der Waals surface area (Å²) in [5.74, 6) is -3.74. The largest absolute Gasteiger partial charge is 0.484 e. The zero-order valence-corrected chi connectivity index (χ0v) is 18.6. The molecule has 2 amide bonds. The van der Waals surface area contributed by atoms with Crippen molar-refractivity contribution in [3.63, 3.8) is 0 Å². The highest BCUT2D eigenvalue weighted by Crippen LogP contribution is 2.25. The minimum atomic E-state index is -1.08. The molecule has 2 unspecified atom stereocenters. The quantitative estimate of drug-likeness (QED) is 0.475. The molecule has 0 aliphatic carbocycles. The van der Waals surface area contributed by atoms with Crippen LogP contribution in [0.3, 0.4) is 0 Å². The van der Waals surface area contributed by atoms with E-state index in [4.69, 9.17) is 14.2 Å². The molecule has 12 nitrogen and oxygen atoms in total. The van der Waals surface area contributed by atoms with Crippen LogP contribution in [0.1, 0.15) is 36.0 Å². The molecule has 184 valence electrons. The van der Waals surface area contributed by atoms with Crippen molar-refractivity contribution in [3.8, 4) is 11.5 Å². The predicted molar refractivity (Wildman–Crippen MR) is 114 cm³/mol. The molecule has 2 N–H and O–H groups in total. The number of carboxylic acids is 2. The summed E-state index contributed by atoms with van der Waals surface area (Å²) in [4.78, 5) is 62.0. The molecule has 12 heteroatoms. The number of carbonyl (C=O) groups excluding carboxylic acids is 3. The lowest BCUT2D eigenvalue weighted by Gasteiger charge is -2.22. The molecule has 1 aromatic rings. The third kappa shape index (κ3) is 5.74. The van der Waals surface area contributed by atoms with Crippen molar-refractivity contribution in [2.45, 2.75) is 37.8 Å². The van der Waals surface area contributed by atoms with E-state index in [1.165, 1.54) is 35.1 Å². The molecular formula is C22H26N2O10. The fourth-order valence-electron chi connectivity index (χ4n) is 4.07. The monoisotopic (exact) mass is 478 g/mol. The number of carboxylic acid groups (broad SMARTS) is 2. The summed E-state index contributed by atoms with van der Waals surface area (Å²) in [6.45, 7) is -0.293. The van der Waals surface area contributed by atoms with Crippen LogP contribution in [0.5, 0.6) is 11.5 Å². The van der Waals surface area contributed by atoms with Gasteiger partial charge < -0.3 is 34.2 Å². The minimum Gasteiger partial charge on any atom is -0.484 e. The standard InChI is InChI=1S/C22H26N2O10/c1-32-22(31)13-8-14(33-11-18(25)23-6-2-4-16(23)20(27)28)10-15(9-13)34-12-19(26)24-7-3-5-17(24)21(29)30/h8-10,16-17H,2-7,11-12H2,1H3,(H,27,28)(H,29,30). The number of likely N-dealkylation sites (tertiary alicyclic amines) is 2. The third-order valence-corrected chi connectivity index (χ3v) is 5.74. The van der Waals surface area contributed by atoms with E-state index in [-0.39, 0.29) is 17.1 Å². The second-order valence-electron chi connectivity index (χ2n) is 7.93. The zero-order chi connectivity index (χ0) is 24.8. The fourth-order valence-corrected chi connectivity index (χ4v) is 4.07. The highest BCUT2D eigenvalue weighted by Gasteiger charge is 2.35. The van der Waals surface area contributed by atoms with Crippen LogP contribution in [-0.2, 0) is 23.9 Å². The predicted octanol–water partition coefficient (Wildman–Crippen LogP) is 0.382. The average Bonchev–Trinajstić information content (AvgIpc) is 3.50. The Labute approximate surface area is 195 Å². The highest BCUT2D eigenvalue weighted by molar-refractivity contribution is 5.90. The number of hydrogen-bond donors (Lipinski definition) is 2. The SMILES string of the molecule is COC(=O)c1cc(OCC(=O)N2CCCC2C(=O)O)cc(OCC(=O)N2CCCC2C(=O)O)c1. The Hall–Kier alpha value is -3.83. The Morgan fingerprint density at radius 3 is 1.65 bits per heavy atom. The Balaban J connectivity index is 1.68. The maximum absolute atomic E-state index is 12.5. The van der Waals surface area contributed by atoms with E-state index in [0.29, 0.717) is 38.8 Å². The van der Waals surface area contributed by atoms with Gasteiger partial charge in [0, 0.05) is 19.2 Å². The Kier molecular flexibility index (Phi) is 7.92. The fraction of sp³-hybridized carbons (Fsp3) is 0.500. The minimum absolute atomic E-state index is 0.0454. The average molecular weight is 478 g/mol. The first-order valence-corrected chi connectivity index (χ1v) is 10.7. The lowest BCUT2D eigenvalue weighted by atomic mass is 10.2. The third-order valence-electron chi connectivity index (χ3n) is 5.74. The summed E-state index contributed by atoms with van der Waals surface area (Å²) in [7, 11) is 1.18. The van der Waals surface area contributed by atoms with Crippen LogP contribution in [0.4, 0.5) is 0 Å². The van der Waals surface area contributed by atoms with Crippen LogP contribution in [0.25, 0.3) is 0 Å². The van der Waals surface area contributed by atoms with Crippen molar-refractivity contribution in [2.75, 3.05) is 33.4 Å². The van der Waals surface area contributed by atoms with Gasteiger partial charge in [0.2, 0.25) is 0 Å². The Morgan fingerprint density at radius 2 is 1.26 bits per heavy atom. The number of hydrogen-bond acceptors (Lipinski definition) is 8. The number of nitrogens with zero attached hydrogens (tertiary/aromatic N) is 2. The van der Waals surface area contributed by atoms with Gasteiger partial charge in [-0.25, -0.2) is 14.4 Å². The van der Waals surface area contributed by atoms with Gasteiger partial charge in [0.1, 0.15) is 23.6 Å². The second-order valence-corrected chi connectivity index (χ2v) is 7.93. The van der Waals surface area contributed by atoms with Crippen LogP contribution < -0.4 is 9.47 Å². The topological polar surface area (TPSA) is 160 Å². The molecule has 2 heterocycles. The van der Waals surface area contributed by atoms with Gasteiger partial charge in [0.05, 0.1) is 12.7 Å². The number of carbonyl (C=O) groups is 5. The first-order valence-electron chi connectivity index (χ1n) is 10.7. The van der Waals surface area contributed by atoms with Gasteiger partial charge in [0.15, 0.2) is 13.2 Å². The number of aliphatic carboxylic acids is 2. The number of methoxy groups -OCH3 is 1. The van der Waals surface area contributed by atoms with Crippen molar-refractivity contribution in [3.05, 3.63) is 23.8 Å². The van der Waals surface area contributed by atoms with Crippen LogP contribution in [0.15, 0.2) is 18.2 Å². The van der Waals surface area contributed by atoms with Gasteiger partial charge in [-0.15, -0.1) is 0 Å². The Morgan fingerprint density at radius 1 is 0.824 bits per heavy atom. The van der Waals surface area contributed by atoms with Gasteiger partial charge in [-0.05, 0) is 37.8 Å². The lowest BCUT2D eigenvalue weighted by molar-refractivity contribution is -0.149. The number of benzene rings is 1. The van der Waals surface area contributed by atoms with Crippen LogP contribution in [0.2, 0.25) is 0 Å². The molecule has 0 aromatic heterocycles. The molecule has 2 fully saturated rings. The summed E-state index contributed by atoms with van der Waals surface area (Å²) in [6, 6.07) is 2.22. The molecule has 2 aliphatic heterocycles. The van der Waals surface area contributed by atoms with Crippen molar-refractivity contribution in [2.24, 2.45) is 0 Å². The first kappa shape index (κ1) is 24.8. The molecule has 0 radical (unpaired) electrons. The van der Waals surface area contributed by atoms with Crippen molar-refractivity contribution in [1.82, 2.24) is 9.80 Å². The molecule has 2 aliphatic rings. The van der Waals surface area contributed by atoms with E-state index < -0.39 is 55.0 Å². The van der Waals surface area contributed by atoms with Crippen LogP contribution >= 0.6 is 0 Å². The molecule has 34 heavy (non-hydrogen) atoms. The maximum atomic E-state index is 12.5. The van der Waals surface area contributed by atoms with Crippen LogP contribution in [-0.4, -0.2) is 95.2 Å². The number of amides is 2. The summed E-state index contributed by atoms with van der Waals surface area (Å²) in [5, 5.41) is 18.5.